The standard InChI is InChI=1S/C19H20F2N4OS/c1-11-9-19(2,25-18(22)27-11)16-8-12(5-6-23-16)7-15(26)14-4-3-13(10-24-14)17(20)21/h3-6,8,10-11,17H,7,9H2,1-2H3,(H2,22,25)/t11-,19+/m1/s1. The average molecular weight is 390 g/mol. The van der Waals surface area contributed by atoms with Gasteiger partial charge in [0.05, 0.1) is 5.69 Å². The second kappa shape index (κ2) is 7.72. The zero-order chi connectivity index (χ0) is 19.6. The number of carbonyl (C=O) groups is 1. The van der Waals surface area contributed by atoms with Crippen molar-refractivity contribution in [3.05, 3.63) is 59.2 Å². The van der Waals surface area contributed by atoms with Gasteiger partial charge in [0, 0.05) is 29.6 Å². The maximum Gasteiger partial charge on any atom is 0.265 e. The van der Waals surface area contributed by atoms with Crippen LogP contribution in [0.2, 0.25) is 0 Å². The molecule has 0 amide bonds. The van der Waals surface area contributed by atoms with E-state index >= 15 is 0 Å². The van der Waals surface area contributed by atoms with E-state index in [-0.39, 0.29) is 23.5 Å². The highest BCUT2D eigenvalue weighted by molar-refractivity contribution is 8.14. The average Bonchev–Trinajstić information content (AvgIpc) is 2.61. The maximum absolute atomic E-state index is 12.6. The third-order valence-electron chi connectivity index (χ3n) is 4.43. The molecular formula is C19H20F2N4OS. The number of aromatic nitrogens is 2. The molecule has 2 aromatic rings. The van der Waals surface area contributed by atoms with E-state index in [0.29, 0.717) is 10.4 Å². The fourth-order valence-corrected chi connectivity index (χ4v) is 4.21. The van der Waals surface area contributed by atoms with Gasteiger partial charge in [-0.2, -0.15) is 0 Å². The number of aliphatic imine (C=N–C) groups is 1. The molecule has 0 aliphatic carbocycles. The molecule has 0 bridgehead atoms. The van der Waals surface area contributed by atoms with Crippen molar-refractivity contribution in [3.63, 3.8) is 0 Å². The molecule has 0 fully saturated rings. The summed E-state index contributed by atoms with van der Waals surface area (Å²) < 4.78 is 25.2. The number of halogens is 2. The molecule has 1 aliphatic rings. The Labute approximate surface area is 160 Å². The summed E-state index contributed by atoms with van der Waals surface area (Å²) in [6, 6.07) is 6.16. The van der Waals surface area contributed by atoms with Crippen molar-refractivity contribution in [1.29, 1.82) is 0 Å². The summed E-state index contributed by atoms with van der Waals surface area (Å²) in [5.41, 5.74) is 6.88. The molecule has 1 aliphatic heterocycles. The molecule has 0 saturated carbocycles. The summed E-state index contributed by atoms with van der Waals surface area (Å²) >= 11 is 1.54. The van der Waals surface area contributed by atoms with Gasteiger partial charge in [0.1, 0.15) is 11.2 Å². The Kier molecular flexibility index (Phi) is 5.55. The van der Waals surface area contributed by atoms with Gasteiger partial charge in [0.2, 0.25) is 0 Å². The molecule has 2 aromatic heterocycles. The Morgan fingerprint density at radius 3 is 2.78 bits per heavy atom. The molecule has 27 heavy (non-hydrogen) atoms. The van der Waals surface area contributed by atoms with E-state index in [1.54, 1.807) is 12.3 Å². The Bertz CT molecular complexity index is 872. The van der Waals surface area contributed by atoms with Gasteiger partial charge in [-0.05, 0) is 43.2 Å². The number of rotatable bonds is 5. The maximum atomic E-state index is 12.6. The number of thioether (sulfide) groups is 1. The quantitative estimate of drug-likeness (QED) is 0.783. The summed E-state index contributed by atoms with van der Waals surface area (Å²) in [5.74, 6) is -0.242. The predicted octanol–water partition coefficient (Wildman–Crippen LogP) is 3.89. The minimum atomic E-state index is -2.60. The molecule has 0 radical (unpaired) electrons. The molecule has 0 aromatic carbocycles. The largest absolute Gasteiger partial charge is 0.379 e. The smallest absolute Gasteiger partial charge is 0.265 e. The second-order valence-corrected chi connectivity index (χ2v) is 8.24. The lowest BCUT2D eigenvalue weighted by atomic mass is 9.90. The Morgan fingerprint density at radius 1 is 1.37 bits per heavy atom. The van der Waals surface area contributed by atoms with Gasteiger partial charge in [-0.1, -0.05) is 18.7 Å². The molecule has 0 spiro atoms. The zero-order valence-electron chi connectivity index (χ0n) is 15.0. The van der Waals surface area contributed by atoms with E-state index in [2.05, 4.69) is 21.9 Å². The normalized spacial score (nSPS) is 22.6. The summed E-state index contributed by atoms with van der Waals surface area (Å²) in [4.78, 5) is 25.3. The molecule has 142 valence electrons. The monoisotopic (exact) mass is 390 g/mol. The van der Waals surface area contributed by atoms with Gasteiger partial charge < -0.3 is 5.73 Å². The number of carbonyl (C=O) groups excluding carboxylic acids is 1. The van der Waals surface area contributed by atoms with Crippen LogP contribution in [0.25, 0.3) is 0 Å². The Morgan fingerprint density at radius 2 is 2.15 bits per heavy atom. The lowest BCUT2D eigenvalue weighted by Crippen LogP contribution is -2.33. The van der Waals surface area contributed by atoms with Crippen molar-refractivity contribution in [2.75, 3.05) is 0 Å². The molecule has 2 N–H and O–H groups in total. The molecule has 0 unspecified atom stereocenters. The zero-order valence-corrected chi connectivity index (χ0v) is 15.8. The van der Waals surface area contributed by atoms with Crippen molar-refractivity contribution in [2.24, 2.45) is 10.7 Å². The third-order valence-corrected chi connectivity index (χ3v) is 5.33. The number of ketones is 1. The van der Waals surface area contributed by atoms with Crippen LogP contribution in [0.4, 0.5) is 8.78 Å². The number of nitrogens with two attached hydrogens (primary N) is 1. The lowest BCUT2D eigenvalue weighted by molar-refractivity contribution is 0.0987. The van der Waals surface area contributed by atoms with Crippen molar-refractivity contribution in [3.8, 4) is 0 Å². The minimum absolute atomic E-state index is 0.107. The second-order valence-electron chi connectivity index (χ2n) is 6.78. The predicted molar refractivity (Wildman–Crippen MR) is 102 cm³/mol. The van der Waals surface area contributed by atoms with Gasteiger partial charge in [0.15, 0.2) is 11.0 Å². The molecule has 5 nitrogen and oxygen atoms in total. The van der Waals surface area contributed by atoms with Crippen molar-refractivity contribution in [1.82, 2.24) is 9.97 Å². The highest BCUT2D eigenvalue weighted by Crippen LogP contribution is 2.37. The number of nitrogens with zero attached hydrogens (tertiary/aromatic N) is 3. The van der Waals surface area contributed by atoms with E-state index in [4.69, 9.17) is 5.73 Å². The first kappa shape index (κ1) is 19.4. The van der Waals surface area contributed by atoms with Gasteiger partial charge >= 0.3 is 0 Å². The molecule has 3 heterocycles. The van der Waals surface area contributed by atoms with Crippen LogP contribution in [0, 0.1) is 0 Å². The van der Waals surface area contributed by atoms with Crippen molar-refractivity contribution < 1.29 is 13.6 Å². The van der Waals surface area contributed by atoms with Crippen LogP contribution >= 0.6 is 11.8 Å². The summed E-state index contributed by atoms with van der Waals surface area (Å²) in [7, 11) is 0. The highest BCUT2D eigenvalue weighted by atomic mass is 32.2. The SMILES string of the molecule is C[C@@H]1C[C@@](C)(c2cc(CC(=O)c3ccc(C(F)F)cn3)ccn2)N=C(N)S1. The van der Waals surface area contributed by atoms with Crippen LogP contribution in [0.3, 0.4) is 0 Å². The van der Waals surface area contributed by atoms with Crippen LogP contribution in [-0.2, 0) is 12.0 Å². The number of hydrogen-bond acceptors (Lipinski definition) is 6. The molecule has 2 atom stereocenters. The number of hydrogen-bond donors (Lipinski definition) is 1. The van der Waals surface area contributed by atoms with Crippen molar-refractivity contribution >= 4 is 22.7 Å². The highest BCUT2D eigenvalue weighted by Gasteiger charge is 2.34. The van der Waals surface area contributed by atoms with Gasteiger partial charge in [0.25, 0.3) is 6.43 Å². The molecule has 0 saturated heterocycles. The van der Waals surface area contributed by atoms with Gasteiger partial charge in [-0.3, -0.25) is 14.8 Å². The first-order valence-corrected chi connectivity index (χ1v) is 9.39. The van der Waals surface area contributed by atoms with E-state index < -0.39 is 12.0 Å². The molecule has 8 heteroatoms. The van der Waals surface area contributed by atoms with Crippen LogP contribution < -0.4 is 5.73 Å². The summed E-state index contributed by atoms with van der Waals surface area (Å²) in [6.07, 6.45) is 0.980. The topological polar surface area (TPSA) is 81.2 Å². The number of Topliss-reactive ketones (excluding diaryl/α,β-unsaturated/α-hetero) is 1. The Balaban J connectivity index is 1.80. The molecule has 3 rings (SSSR count). The fraction of sp³-hybridized carbons (Fsp3) is 0.368. The van der Waals surface area contributed by atoms with E-state index in [1.165, 1.54) is 23.9 Å². The van der Waals surface area contributed by atoms with Crippen LogP contribution in [0.5, 0.6) is 0 Å². The van der Waals surface area contributed by atoms with E-state index in [0.717, 1.165) is 23.9 Å². The van der Waals surface area contributed by atoms with Crippen LogP contribution in [-0.4, -0.2) is 26.2 Å². The fourth-order valence-electron chi connectivity index (χ4n) is 3.14. The Hall–Kier alpha value is -2.35. The third kappa shape index (κ3) is 4.50. The van der Waals surface area contributed by atoms with Gasteiger partial charge in [-0.25, -0.2) is 13.8 Å². The molecular weight excluding hydrogens is 370 g/mol. The van der Waals surface area contributed by atoms with Crippen molar-refractivity contribution in [2.45, 2.75) is 43.9 Å². The summed E-state index contributed by atoms with van der Waals surface area (Å²) in [5, 5.41) is 0.847. The van der Waals surface area contributed by atoms with Gasteiger partial charge in [-0.15, -0.1) is 0 Å². The minimum Gasteiger partial charge on any atom is -0.379 e. The first-order valence-electron chi connectivity index (χ1n) is 8.51. The van der Waals surface area contributed by atoms with Crippen LogP contribution in [0.1, 0.15) is 54.0 Å². The lowest BCUT2D eigenvalue weighted by Gasteiger charge is -2.32. The number of pyridine rings is 2. The summed E-state index contributed by atoms with van der Waals surface area (Å²) in [6.45, 7) is 4.07. The first-order chi connectivity index (χ1) is 12.8. The number of amidine groups is 1. The van der Waals surface area contributed by atoms with E-state index in [9.17, 15) is 13.6 Å². The number of alkyl halides is 2. The van der Waals surface area contributed by atoms with Crippen LogP contribution in [0.15, 0.2) is 41.7 Å². The van der Waals surface area contributed by atoms with E-state index in [1.807, 2.05) is 13.0 Å².